The number of carbonyl (C=O) groups excluding carboxylic acids is 3. The van der Waals surface area contributed by atoms with Crippen molar-refractivity contribution in [2.75, 3.05) is 38.3 Å². The van der Waals surface area contributed by atoms with Crippen LogP contribution in [0.2, 0.25) is 0 Å². The van der Waals surface area contributed by atoms with Gasteiger partial charge in [0.2, 0.25) is 27.7 Å². The second kappa shape index (κ2) is 13.6. The molecule has 0 bridgehead atoms. The summed E-state index contributed by atoms with van der Waals surface area (Å²) in [5, 5.41) is 4.48. The lowest BCUT2D eigenvalue weighted by Crippen LogP contribution is -2.57. The number of alkyl halides is 1. The first-order valence-corrected chi connectivity index (χ1v) is 19.7. The smallest absolute Gasteiger partial charge is 0.259 e. The number of aromatic nitrogens is 1. The molecule has 2 saturated carbocycles. The van der Waals surface area contributed by atoms with Gasteiger partial charge in [-0.2, -0.15) is 0 Å². The number of anilines is 1. The van der Waals surface area contributed by atoms with Gasteiger partial charge < -0.3 is 24.6 Å². The molecule has 1 aromatic carbocycles. The number of amides is 3. The van der Waals surface area contributed by atoms with Crippen LogP contribution < -0.4 is 24.4 Å². The fourth-order valence-electron chi connectivity index (χ4n) is 8.01. The van der Waals surface area contributed by atoms with Crippen LogP contribution in [0, 0.1) is 17.8 Å². The van der Waals surface area contributed by atoms with Gasteiger partial charge in [-0.15, -0.1) is 0 Å². The van der Waals surface area contributed by atoms with Crippen LogP contribution in [0.4, 0.5) is 10.1 Å². The molecule has 2 aromatic rings. The number of nitrogens with one attached hydrogen (secondary N) is 2. The molecule has 3 amide bonds. The van der Waals surface area contributed by atoms with Crippen molar-refractivity contribution < 1.29 is 36.7 Å². The van der Waals surface area contributed by atoms with Crippen molar-refractivity contribution in [3.63, 3.8) is 0 Å². The van der Waals surface area contributed by atoms with Gasteiger partial charge >= 0.3 is 0 Å². The number of fused-ring (bicyclic) bond motifs is 5. The molecule has 51 heavy (non-hydrogen) atoms. The third-order valence-corrected chi connectivity index (χ3v) is 13.8. The fourth-order valence-corrected chi connectivity index (χ4v) is 9.44. The molecule has 2 aliphatic carbocycles. The minimum atomic E-state index is -4.31. The summed E-state index contributed by atoms with van der Waals surface area (Å²) in [6, 6.07) is 4.82. The van der Waals surface area contributed by atoms with Crippen LogP contribution in [0.25, 0.3) is 10.8 Å². The van der Waals surface area contributed by atoms with Gasteiger partial charge in [-0.25, -0.2) is 17.8 Å². The van der Waals surface area contributed by atoms with Crippen LogP contribution in [-0.4, -0.2) is 91.9 Å². The predicted octanol–water partition coefficient (Wildman–Crippen LogP) is 4.03. The van der Waals surface area contributed by atoms with Gasteiger partial charge in [0.05, 0.1) is 18.8 Å². The van der Waals surface area contributed by atoms with E-state index in [1.807, 2.05) is 37.4 Å². The Balaban J connectivity index is 1.17. The molecule has 276 valence electrons. The molecule has 4 heterocycles. The Labute approximate surface area is 298 Å². The van der Waals surface area contributed by atoms with Gasteiger partial charge in [0, 0.05) is 42.8 Å². The van der Waals surface area contributed by atoms with Crippen LogP contribution in [0.3, 0.4) is 0 Å². The van der Waals surface area contributed by atoms with E-state index in [0.29, 0.717) is 18.4 Å². The van der Waals surface area contributed by atoms with E-state index in [-0.39, 0.29) is 50.5 Å². The Kier molecular flexibility index (Phi) is 9.43. The second-order valence-corrected chi connectivity index (χ2v) is 17.4. The van der Waals surface area contributed by atoms with Gasteiger partial charge in [-0.05, 0) is 68.6 Å². The molecule has 5 aliphatic rings. The summed E-state index contributed by atoms with van der Waals surface area (Å²) in [6.07, 6.45) is 9.11. The number of halogens is 1. The number of allylic oxidation sites excluding steroid dienone is 1. The zero-order valence-corrected chi connectivity index (χ0v) is 30.3. The summed E-state index contributed by atoms with van der Waals surface area (Å²) >= 11 is 0. The SMILES string of the molecule is CCC1CC(=O)N2CC(Oc3nccc4c5c(ccc34)N(C)CCO5)CC2C(=O)NC2(C(=O)NS(=O)(=O)C3(CF)CC3)CC2C=CCCC(C)C1. The van der Waals surface area contributed by atoms with Gasteiger partial charge in [-0.3, -0.25) is 19.1 Å². The topological polar surface area (TPSA) is 147 Å². The van der Waals surface area contributed by atoms with Crippen LogP contribution >= 0.6 is 0 Å². The fraction of sp³-hybridized carbons (Fsp3) is 0.622. The Hall–Kier alpha value is -3.94. The quantitative estimate of drug-likeness (QED) is 0.404. The van der Waals surface area contributed by atoms with E-state index in [1.54, 1.807) is 11.1 Å². The number of hydrogen-bond acceptors (Lipinski definition) is 9. The molecule has 7 rings (SSSR count). The molecule has 2 N–H and O–H groups in total. The lowest BCUT2D eigenvalue weighted by molar-refractivity contribution is -0.140. The molecule has 12 nitrogen and oxygen atoms in total. The van der Waals surface area contributed by atoms with Gasteiger partial charge in [0.1, 0.15) is 35.7 Å². The normalized spacial score (nSPS) is 30.5. The largest absolute Gasteiger partial charge is 0.489 e. The Bertz CT molecular complexity index is 1850. The van der Waals surface area contributed by atoms with E-state index in [0.717, 1.165) is 54.4 Å². The summed E-state index contributed by atoms with van der Waals surface area (Å²) in [5.74, 6) is -0.464. The van der Waals surface area contributed by atoms with Crippen molar-refractivity contribution in [1.29, 1.82) is 0 Å². The van der Waals surface area contributed by atoms with Crippen LogP contribution in [0.1, 0.15) is 71.6 Å². The number of likely N-dealkylation sites (N-methyl/N-ethyl adjacent to an activating group) is 1. The number of sulfonamides is 1. The summed E-state index contributed by atoms with van der Waals surface area (Å²) in [4.78, 5) is 50.3. The molecule has 0 spiro atoms. The average Bonchev–Trinajstić information content (AvgIpc) is 4.01. The molecule has 3 fully saturated rings. The maximum absolute atomic E-state index is 14.3. The van der Waals surface area contributed by atoms with Gasteiger partial charge in [-0.1, -0.05) is 32.4 Å². The third-order valence-electron chi connectivity index (χ3n) is 11.7. The first-order valence-electron chi connectivity index (χ1n) is 18.2. The molecular weight excluding hydrogens is 677 g/mol. The minimum Gasteiger partial charge on any atom is -0.489 e. The van der Waals surface area contributed by atoms with E-state index >= 15 is 0 Å². The lowest BCUT2D eigenvalue weighted by Gasteiger charge is -2.29. The predicted molar refractivity (Wildman–Crippen MR) is 190 cm³/mol. The highest BCUT2D eigenvalue weighted by Gasteiger charge is 2.64. The van der Waals surface area contributed by atoms with Crippen LogP contribution in [0.15, 0.2) is 36.5 Å². The van der Waals surface area contributed by atoms with Crippen LogP contribution in [0.5, 0.6) is 11.6 Å². The zero-order chi connectivity index (χ0) is 36.1. The molecule has 1 saturated heterocycles. The lowest BCUT2D eigenvalue weighted by atomic mass is 9.88. The van der Waals surface area contributed by atoms with Crippen molar-refractivity contribution in [2.24, 2.45) is 17.8 Å². The number of pyridine rings is 1. The number of nitrogens with zero attached hydrogens (tertiary/aromatic N) is 3. The van der Waals surface area contributed by atoms with Crippen molar-refractivity contribution >= 4 is 44.2 Å². The number of benzene rings is 1. The summed E-state index contributed by atoms with van der Waals surface area (Å²) in [5.41, 5.74) is -0.572. The second-order valence-electron chi connectivity index (χ2n) is 15.3. The molecule has 6 atom stereocenters. The van der Waals surface area contributed by atoms with Gasteiger partial charge in [0.25, 0.3) is 5.91 Å². The van der Waals surface area contributed by atoms with Crippen molar-refractivity contribution in [2.45, 2.75) is 94.1 Å². The Morgan fingerprint density at radius 2 is 2.00 bits per heavy atom. The highest BCUT2D eigenvalue weighted by Crippen LogP contribution is 2.48. The van der Waals surface area contributed by atoms with E-state index in [1.165, 1.54) is 0 Å². The number of carbonyl (C=O) groups is 3. The van der Waals surface area contributed by atoms with Crippen molar-refractivity contribution in [3.8, 4) is 11.6 Å². The summed E-state index contributed by atoms with van der Waals surface area (Å²) in [6.45, 7) is 4.61. The number of rotatable bonds is 7. The van der Waals surface area contributed by atoms with Crippen molar-refractivity contribution in [3.05, 3.63) is 36.5 Å². The average molecular weight is 726 g/mol. The Morgan fingerprint density at radius 1 is 1.20 bits per heavy atom. The highest BCUT2D eigenvalue weighted by molar-refractivity contribution is 7.91. The molecular formula is C37H48FN5O7S. The van der Waals surface area contributed by atoms with E-state index in [9.17, 15) is 27.2 Å². The standard InChI is InChI=1S/C37H48FN5O7S/c1-4-24-17-23(2)7-5-6-8-25-20-37(25,35(46)41-51(47,48)36(22-38)12-13-36)40-33(45)30-19-26(21-43(30)31(44)18-24)50-34-28-9-10-29-32(27(28)11-14-39-34)49-16-15-42(29)3/h6,8-11,14,23-26,30H,4-5,7,12-13,15-22H2,1-3H3,(H,40,45)(H,41,46). The number of hydrogen-bond donors (Lipinski definition) is 2. The molecule has 1 aromatic heterocycles. The van der Waals surface area contributed by atoms with E-state index < -0.39 is 56.9 Å². The summed E-state index contributed by atoms with van der Waals surface area (Å²) in [7, 11) is -2.30. The minimum absolute atomic E-state index is 0.129. The highest BCUT2D eigenvalue weighted by atomic mass is 32.2. The molecule has 6 unspecified atom stereocenters. The first kappa shape index (κ1) is 35.5. The molecule has 3 aliphatic heterocycles. The third kappa shape index (κ3) is 6.64. The maximum Gasteiger partial charge on any atom is 0.259 e. The maximum atomic E-state index is 14.3. The monoisotopic (exact) mass is 725 g/mol. The van der Waals surface area contributed by atoms with Crippen molar-refractivity contribution in [1.82, 2.24) is 19.9 Å². The number of ether oxygens (including phenoxy) is 2. The molecule has 14 heteroatoms. The molecule has 0 radical (unpaired) electrons. The van der Waals surface area contributed by atoms with Crippen LogP contribution in [-0.2, 0) is 24.4 Å². The van der Waals surface area contributed by atoms with Gasteiger partial charge in [0.15, 0.2) is 5.75 Å². The van der Waals surface area contributed by atoms with E-state index in [2.05, 4.69) is 33.8 Å². The summed E-state index contributed by atoms with van der Waals surface area (Å²) < 4.78 is 53.0. The zero-order valence-electron chi connectivity index (χ0n) is 29.5. The first-order chi connectivity index (χ1) is 24.4. The van der Waals surface area contributed by atoms with E-state index in [4.69, 9.17) is 9.47 Å². The Morgan fingerprint density at radius 3 is 2.75 bits per heavy atom.